The zero-order chi connectivity index (χ0) is 93.4. The van der Waals surface area contributed by atoms with Gasteiger partial charge in [-0.15, -0.1) is 0 Å². The summed E-state index contributed by atoms with van der Waals surface area (Å²) in [6, 6.07) is 66.8. The number of hydrogen-bond donors (Lipinski definition) is 0. The summed E-state index contributed by atoms with van der Waals surface area (Å²) in [7, 11) is 1.09. The van der Waals surface area contributed by atoms with Gasteiger partial charge in [-0.2, -0.15) is 21.0 Å². The Bertz CT molecular complexity index is 3550. The van der Waals surface area contributed by atoms with E-state index in [9.17, 15) is 34.5 Å². The van der Waals surface area contributed by atoms with Crippen LogP contribution in [0.15, 0.2) is 214 Å². The van der Waals surface area contributed by atoms with Gasteiger partial charge in [0.2, 0.25) is 0 Å². The third kappa shape index (κ3) is 105. The molecule has 0 heterocycles. The van der Waals surface area contributed by atoms with Gasteiger partial charge >= 0.3 is 98.8 Å². The quantitative estimate of drug-likeness (QED) is 0.0210. The van der Waals surface area contributed by atoms with E-state index in [0.29, 0.717) is 0 Å². The van der Waals surface area contributed by atoms with E-state index in [4.69, 9.17) is 93.0 Å². The number of aliphatic carboxylic acids is 2. The maximum absolute atomic E-state index is 9.75. The first-order valence-corrected chi connectivity index (χ1v) is 35.8. The predicted octanol–water partition coefficient (Wildman–Crippen LogP) is 21.6. The van der Waals surface area contributed by atoms with E-state index in [1.807, 2.05) is 236 Å². The Morgan fingerprint density at radius 2 is 0.392 bits per heavy atom. The van der Waals surface area contributed by atoms with Crippen molar-refractivity contribution >= 4 is 97.3 Å². The van der Waals surface area contributed by atoms with Crippen LogP contribution in [0.2, 0.25) is 0 Å². The third-order valence-electron chi connectivity index (χ3n) is 11.5. The molecule has 0 fully saturated rings. The number of rotatable bonds is 26. The minimum Gasteiger partial charge on any atom is -0.550 e. The Kier molecular flexibility index (Phi) is 108. The Morgan fingerprint density at radius 3 is 0.472 bits per heavy atom. The first-order chi connectivity index (χ1) is 57.6. The zero-order valence-electron chi connectivity index (χ0n) is 73.3. The van der Waals surface area contributed by atoms with Gasteiger partial charge in [0.25, 0.3) is 0 Å². The monoisotopic (exact) mass is 2090 g/mol. The molecule has 125 heavy (non-hydrogen) atoms. The van der Waals surface area contributed by atoms with Crippen LogP contribution in [0.25, 0.3) is 21.3 Å². The molecule has 8 aromatic rings. The molecule has 0 aliphatic rings. The second kappa shape index (κ2) is 98.6. The molecule has 680 valence electrons. The molecule has 27 nitrogen and oxygen atoms in total. The van der Waals surface area contributed by atoms with Crippen LogP contribution in [0, 0.1) is 45.3 Å². The number of methoxy groups -OCH3 is 8. The number of carbonyl (C=O) groups is 2. The Labute approximate surface area is 788 Å². The molecule has 41 heteroatoms. The fourth-order valence-electron chi connectivity index (χ4n) is 6.61. The predicted molar refractivity (Wildman–Crippen MR) is 462 cm³/mol. The number of hydrogen-bond acceptors (Lipinski definition) is 23. The number of carboxylic acid groups (broad SMARTS) is 2. The maximum Gasteiger partial charge on any atom is 2.00 e. The van der Waals surface area contributed by atoms with Crippen molar-refractivity contribution in [1.82, 2.24) is 0 Å². The van der Waals surface area contributed by atoms with Crippen molar-refractivity contribution in [2.24, 2.45) is 20.0 Å². The fraction of sp³-hybridized carbons (Fsp3) is 0.310. The Morgan fingerprint density at radius 1 is 0.296 bits per heavy atom. The number of nitriles is 4. The van der Waals surface area contributed by atoms with Crippen molar-refractivity contribution < 1.29 is 191 Å². The van der Waals surface area contributed by atoms with Crippen molar-refractivity contribution in [3.63, 3.8) is 0 Å². The molecule has 0 N–H and O–H groups in total. The summed E-state index contributed by atoms with van der Waals surface area (Å²) in [5.74, 6) is 4.32. The summed E-state index contributed by atoms with van der Waals surface area (Å²) in [4.78, 5) is 34.7. The molecule has 0 aromatic heterocycles. The molecule has 0 spiro atoms. The van der Waals surface area contributed by atoms with Gasteiger partial charge in [-0.1, -0.05) is 122 Å². The number of aliphatic imine (C=N–C) groups is 4. The molecule has 8 rings (SSSR count). The molecule has 0 saturated heterocycles. The minimum absolute atomic E-state index is 0. The number of nitrogens with zero attached hydrogens (tertiary/aromatic N) is 12. The van der Waals surface area contributed by atoms with Gasteiger partial charge in [0.1, 0.15) is 46.0 Å². The van der Waals surface area contributed by atoms with Crippen molar-refractivity contribution in [1.29, 1.82) is 21.0 Å². The molecule has 0 saturated carbocycles. The number of ether oxygens (including phenoxy) is 11. The van der Waals surface area contributed by atoms with Crippen molar-refractivity contribution in [3.05, 3.63) is 215 Å². The second-order valence-corrected chi connectivity index (χ2v) is 20.3. The molecular weight excluding hydrogens is 1970 g/mol. The Hall–Kier alpha value is -10.9. The third-order valence-corrected chi connectivity index (χ3v) is 11.5. The van der Waals surface area contributed by atoms with Crippen LogP contribution in [0.5, 0.6) is 46.0 Å². The summed E-state index contributed by atoms with van der Waals surface area (Å²) in [6.07, 6.45) is 6.13. The smallest absolute Gasteiger partial charge is 0.550 e. The zero-order valence-corrected chi connectivity index (χ0v) is 81.4. The van der Waals surface area contributed by atoms with Gasteiger partial charge in [-0.25, -0.2) is 0 Å². The second-order valence-electron chi connectivity index (χ2n) is 20.3. The molecule has 8 aromatic carbocycles. The van der Waals surface area contributed by atoms with E-state index in [1.54, 1.807) is 81.2 Å². The number of carbonyl (C=O) groups excluding carboxylic acids is 2. The topological polar surface area (TPSA) is 383 Å². The van der Waals surface area contributed by atoms with Crippen LogP contribution in [0.3, 0.4) is 0 Å². The molecule has 0 radical (unpaired) electrons. The summed E-state index contributed by atoms with van der Waals surface area (Å²) in [6.45, 7) is 24.7. The van der Waals surface area contributed by atoms with Crippen molar-refractivity contribution in [2.45, 2.75) is 83.1 Å². The molecule has 0 bridgehead atoms. The largest absolute Gasteiger partial charge is 2.00 e. The van der Waals surface area contributed by atoms with Crippen LogP contribution < -0.4 is 48.1 Å². The van der Waals surface area contributed by atoms with Gasteiger partial charge in [-0.05, 0) is 198 Å². The van der Waals surface area contributed by atoms with Crippen molar-refractivity contribution in [3.8, 4) is 70.3 Å². The molecule has 0 atom stereocenters. The summed E-state index contributed by atoms with van der Waals surface area (Å²) in [5, 5.41) is 64.0. The van der Waals surface area contributed by atoms with Crippen molar-refractivity contribution in [2.75, 3.05) is 96.5 Å². The first kappa shape index (κ1) is 137. The first-order valence-electron chi connectivity index (χ1n) is 35.8. The van der Waals surface area contributed by atoms with Crippen LogP contribution in [0.4, 0.5) is 80.0 Å². The van der Waals surface area contributed by atoms with E-state index in [1.165, 1.54) is 53.0 Å². The summed E-state index contributed by atoms with van der Waals surface area (Å²) >= 11 is 0. The SMILES string of the molecule is CC#N.CC#N.CC#N.CC#N.CC(=O)[O-].CC(=O)[O-].CCOCC.CCOCC.CCOCC.COc1ccc(N=C[N-]c2ccc(OC)cc2)cc1.COc1ccc(N=C[N-]c2ccc(OC)cc2)cc1.COc1ccc(N=C[N-]c2ccc(OC)cc2)cc1.COc1ccc(N=C[N-]c2ccc(OC)cc2)cc1.F[B-](F)(F)F.F[B-](F)(F)F.[Mo+2].[Mo+2].[Mo+2].[Mo+2]. The van der Waals surface area contributed by atoms with E-state index in [2.05, 4.69) is 41.2 Å². The van der Waals surface area contributed by atoms with Crippen LogP contribution >= 0.6 is 0 Å². The molecule has 0 aliphatic carbocycles. The standard InChI is InChI=1S/4C15H15N2O2.3C4H10O.4C2H3N.2C2H4O2.2BF4.4Mo/c4*1-18-14-7-3-12(4-8-14)16-11-17-13-5-9-15(19-2)10-6-13;3*1-3-5-4-2;4*1-2-3;2*1-2(3)4;2*2-1(3,4)5;;;;/h4*3-11H,1-2H3;3*3-4H2,1-2H3;4*1H3;2*1H3,(H,3,4);;;;;;/q4*-1;;;;;;;;;;2*-1;4*+2/p-2. The maximum atomic E-state index is 9.75. The number of benzene rings is 8. The molecular formula is C84H108B2F8Mo4N12O15. The van der Waals surface area contributed by atoms with Gasteiger partial charge in [0.15, 0.2) is 0 Å². The average Bonchev–Trinajstić information content (AvgIpc) is 0.913. The number of carboxylic acids is 2. The number of halogens is 8. The van der Waals surface area contributed by atoms with Gasteiger partial charge in [0.05, 0.1) is 81.2 Å². The van der Waals surface area contributed by atoms with E-state index in [0.717, 1.165) is 145 Å². The van der Waals surface area contributed by atoms with E-state index < -0.39 is 26.4 Å². The normalized spacial score (nSPS) is 8.96. The molecule has 0 aliphatic heterocycles. The van der Waals surface area contributed by atoms with Gasteiger partial charge in [-0.3, -0.25) is 0 Å². The van der Waals surface area contributed by atoms with Gasteiger partial charge < -0.3 is 148 Å². The van der Waals surface area contributed by atoms with Gasteiger partial charge in [0, 0.05) is 79.3 Å². The molecule has 0 unspecified atom stereocenters. The molecule has 0 amide bonds. The van der Waals surface area contributed by atoms with Crippen LogP contribution in [0.1, 0.15) is 83.1 Å². The van der Waals surface area contributed by atoms with E-state index in [-0.39, 0.29) is 84.3 Å². The summed E-state index contributed by atoms with van der Waals surface area (Å²) < 4.78 is 133. The fourth-order valence-corrected chi connectivity index (χ4v) is 6.61. The average molecular weight is 2080 g/mol. The Balaban J connectivity index is -0.000000131. The van der Waals surface area contributed by atoms with E-state index >= 15 is 0 Å². The minimum atomic E-state index is -6.00. The summed E-state index contributed by atoms with van der Waals surface area (Å²) in [5.41, 5.74) is 6.65. The van der Waals surface area contributed by atoms with Crippen LogP contribution in [-0.2, 0) is 108 Å². The van der Waals surface area contributed by atoms with Crippen LogP contribution in [-0.4, -0.2) is 148 Å².